The molecule has 6 aromatic rings. The largest absolute Gasteiger partial charge is 0.770 e. The second-order valence-corrected chi connectivity index (χ2v) is 16.1. The molecule has 0 aliphatic carbocycles. The topological polar surface area (TPSA) is 186 Å². The Morgan fingerprint density at radius 1 is 0.850 bits per heavy atom. The van der Waals surface area contributed by atoms with Gasteiger partial charge in [-0.15, -0.1) is 0 Å². The number of nitrogens with one attached hydrogen (secondary N) is 1. The zero-order valence-electron chi connectivity index (χ0n) is 32.2. The lowest BCUT2D eigenvalue weighted by atomic mass is 9.80. The highest BCUT2D eigenvalue weighted by atomic mass is 32.5. The predicted octanol–water partition coefficient (Wildman–Crippen LogP) is 6.77. The van der Waals surface area contributed by atoms with Crippen LogP contribution >= 0.6 is 6.72 Å². The zero-order chi connectivity index (χ0) is 42.3. The van der Waals surface area contributed by atoms with E-state index in [1.807, 2.05) is 78.9 Å². The van der Waals surface area contributed by atoms with E-state index in [0.29, 0.717) is 17.1 Å². The Bertz CT molecular complexity index is 2480. The molecule has 1 aliphatic rings. The van der Waals surface area contributed by atoms with Gasteiger partial charge < -0.3 is 38.2 Å². The number of anilines is 1. The molecule has 1 amide bonds. The van der Waals surface area contributed by atoms with Crippen molar-refractivity contribution in [3.8, 4) is 17.2 Å². The summed E-state index contributed by atoms with van der Waals surface area (Å²) in [6.07, 6.45) is -1.76. The van der Waals surface area contributed by atoms with Gasteiger partial charge in [-0.3, -0.25) is 19.5 Å². The summed E-state index contributed by atoms with van der Waals surface area (Å²) < 4.78 is 37.3. The highest BCUT2D eigenvalue weighted by Crippen LogP contribution is 2.47. The highest BCUT2D eigenvalue weighted by Gasteiger charge is 2.44. The Morgan fingerprint density at radius 2 is 1.40 bits per heavy atom. The molecule has 1 N–H and O–H groups in total. The molecule has 1 unspecified atom stereocenters. The van der Waals surface area contributed by atoms with Gasteiger partial charge in [-0.2, -0.15) is 4.98 Å². The Labute approximate surface area is 349 Å². The molecular weight excluding hydrogens is 812 g/mol. The molecule has 0 bridgehead atoms. The summed E-state index contributed by atoms with van der Waals surface area (Å²) in [5.41, 5.74) is 0.376. The number of nitro groups is 1. The molecule has 1 fully saturated rings. The second-order valence-electron chi connectivity index (χ2n) is 13.4. The molecule has 4 atom stereocenters. The van der Waals surface area contributed by atoms with Crippen LogP contribution in [0.1, 0.15) is 39.7 Å². The van der Waals surface area contributed by atoms with Crippen molar-refractivity contribution in [2.45, 2.75) is 30.5 Å². The summed E-state index contributed by atoms with van der Waals surface area (Å²) >= 11 is 5.35. The maximum Gasteiger partial charge on any atom is 0.351 e. The van der Waals surface area contributed by atoms with E-state index in [0.717, 1.165) is 16.7 Å². The predicted molar refractivity (Wildman–Crippen MR) is 223 cm³/mol. The van der Waals surface area contributed by atoms with E-state index >= 15 is 0 Å². The zero-order valence-corrected chi connectivity index (χ0v) is 33.9. The van der Waals surface area contributed by atoms with Crippen molar-refractivity contribution in [2.24, 2.45) is 0 Å². The van der Waals surface area contributed by atoms with Gasteiger partial charge in [-0.25, -0.2) is 4.79 Å². The Balaban J connectivity index is 1.23. The van der Waals surface area contributed by atoms with E-state index in [-0.39, 0.29) is 30.3 Å². The molecule has 1 aromatic heterocycles. The minimum Gasteiger partial charge on any atom is -0.770 e. The van der Waals surface area contributed by atoms with Crippen LogP contribution in [0.5, 0.6) is 17.2 Å². The Hall–Kier alpha value is -6.26. The van der Waals surface area contributed by atoms with Gasteiger partial charge in [0, 0.05) is 30.3 Å². The number of carbonyl (C=O) groups is 1. The molecule has 1 saturated heterocycles. The average molecular weight is 850 g/mol. The minimum absolute atomic E-state index is 0.0159. The number of aromatic nitrogens is 2. The molecule has 60 heavy (non-hydrogen) atoms. The van der Waals surface area contributed by atoms with Crippen LogP contribution in [0, 0.1) is 10.1 Å². The van der Waals surface area contributed by atoms with Crippen LogP contribution in [0.3, 0.4) is 0 Å². The number of nitro benzene ring substituents is 1. The normalized spacial score (nSPS) is 17.3. The van der Waals surface area contributed by atoms with Crippen molar-refractivity contribution in [3.05, 3.63) is 189 Å². The van der Waals surface area contributed by atoms with E-state index in [2.05, 4.69) is 10.3 Å². The fourth-order valence-electron chi connectivity index (χ4n) is 6.84. The maximum atomic E-state index is 13.9. The third kappa shape index (κ3) is 9.45. The van der Waals surface area contributed by atoms with Crippen molar-refractivity contribution >= 4 is 35.9 Å². The van der Waals surface area contributed by atoms with E-state index in [1.54, 1.807) is 44.6 Å². The first kappa shape index (κ1) is 41.9. The molecular formula is C43H38N4O11PS-. The standard InChI is InChI=1S/C43H39N4O11PS/c1-53-34-19-13-31(14-20-34)43(30-11-7-4-8-12-30,32-15-21-35(54-2)22-16-32)55-28-38-37(58-59(52,60)57-36-23-17-33(18-24-36)47(50)51)27-40(56-38)46-26-25-39(45-42(46)49)44-41(48)29-9-5-3-6-10-29/h3-26,37-38,40H,27-28H2,1-2H3,(H,52,60)(H,44,45,48,49)/p-1/t37-,38+,40+,59?/m0/s1. The fraction of sp³-hybridized carbons (Fsp3) is 0.186. The number of hydrogen-bond acceptors (Lipinski definition) is 13. The van der Waals surface area contributed by atoms with Gasteiger partial charge >= 0.3 is 5.69 Å². The number of hydrogen-bond donors (Lipinski definition) is 1. The van der Waals surface area contributed by atoms with Gasteiger partial charge in [0.25, 0.3) is 11.6 Å². The Kier molecular flexibility index (Phi) is 12.8. The molecule has 0 saturated carbocycles. The fourth-order valence-corrected chi connectivity index (χ4v) is 8.40. The maximum absolute atomic E-state index is 13.9. The van der Waals surface area contributed by atoms with E-state index < -0.39 is 47.3 Å². The van der Waals surface area contributed by atoms with Gasteiger partial charge in [0.1, 0.15) is 41.0 Å². The number of amides is 1. The number of benzene rings is 5. The molecule has 2 heterocycles. The van der Waals surface area contributed by atoms with Crippen LogP contribution in [0.4, 0.5) is 11.5 Å². The molecule has 1 aliphatic heterocycles. The summed E-state index contributed by atoms with van der Waals surface area (Å²) in [5.74, 6) is 0.814. The number of carbonyl (C=O) groups excluding carboxylic acids is 1. The number of rotatable bonds is 16. The van der Waals surface area contributed by atoms with E-state index in [1.165, 1.54) is 41.1 Å². The monoisotopic (exact) mass is 849 g/mol. The third-order valence-corrected chi connectivity index (χ3v) is 11.2. The van der Waals surface area contributed by atoms with E-state index in [9.17, 15) is 24.6 Å². The summed E-state index contributed by atoms with van der Waals surface area (Å²) in [6.45, 7) is -4.58. The van der Waals surface area contributed by atoms with Crippen molar-refractivity contribution in [1.82, 2.24) is 9.55 Å². The number of non-ortho nitro benzene ring substituents is 1. The smallest absolute Gasteiger partial charge is 0.351 e. The lowest BCUT2D eigenvalue weighted by molar-refractivity contribution is -0.384. The summed E-state index contributed by atoms with van der Waals surface area (Å²) in [6, 6.07) is 39.2. The number of ether oxygens (including phenoxy) is 4. The van der Waals surface area contributed by atoms with Crippen LogP contribution in [0.15, 0.2) is 151 Å². The van der Waals surface area contributed by atoms with Crippen LogP contribution in [-0.4, -0.2) is 53.4 Å². The third-order valence-electron chi connectivity index (χ3n) is 9.77. The second kappa shape index (κ2) is 18.3. The van der Waals surface area contributed by atoms with Gasteiger partial charge in [-0.1, -0.05) is 72.8 Å². The SMILES string of the molecule is COc1ccc(C(OC[C@H]2O[C@@H](n3ccc(NC(=O)c4ccccc4)nc3=O)C[C@@H]2OP([O-])(=S)Oc2ccc([N+](=O)[O-])cc2)(c2ccccc2)c2ccc(OC)cc2)cc1. The van der Waals surface area contributed by atoms with Crippen molar-refractivity contribution in [2.75, 3.05) is 26.1 Å². The van der Waals surface area contributed by atoms with Gasteiger partial charge in [-0.05, 0) is 83.1 Å². The number of nitrogens with zero attached hydrogens (tertiary/aromatic N) is 3. The molecule has 308 valence electrons. The highest BCUT2D eigenvalue weighted by molar-refractivity contribution is 8.06. The Morgan fingerprint density at radius 3 is 1.95 bits per heavy atom. The van der Waals surface area contributed by atoms with Gasteiger partial charge in [0.15, 0.2) is 6.72 Å². The first-order valence-electron chi connectivity index (χ1n) is 18.5. The molecule has 5 aromatic carbocycles. The summed E-state index contributed by atoms with van der Waals surface area (Å²) in [4.78, 5) is 54.8. The van der Waals surface area contributed by atoms with Crippen molar-refractivity contribution in [1.29, 1.82) is 0 Å². The summed E-state index contributed by atoms with van der Waals surface area (Å²) in [7, 11) is 3.15. The average Bonchev–Trinajstić information content (AvgIpc) is 3.65. The summed E-state index contributed by atoms with van der Waals surface area (Å²) in [5, 5.41) is 13.8. The molecule has 7 rings (SSSR count). The van der Waals surface area contributed by atoms with Gasteiger partial charge in [0.05, 0.1) is 31.9 Å². The minimum atomic E-state index is -4.38. The molecule has 17 heteroatoms. The van der Waals surface area contributed by atoms with Crippen LogP contribution in [0.2, 0.25) is 0 Å². The van der Waals surface area contributed by atoms with Crippen LogP contribution in [-0.2, 0) is 31.4 Å². The lowest BCUT2D eigenvalue weighted by Gasteiger charge is -2.38. The first-order chi connectivity index (χ1) is 29.0. The molecule has 15 nitrogen and oxygen atoms in total. The van der Waals surface area contributed by atoms with Crippen LogP contribution < -0.4 is 29.9 Å². The van der Waals surface area contributed by atoms with Gasteiger partial charge in [0.2, 0.25) is 0 Å². The van der Waals surface area contributed by atoms with Crippen molar-refractivity contribution in [3.63, 3.8) is 0 Å². The quantitative estimate of drug-likeness (QED) is 0.0466. The first-order valence-corrected chi connectivity index (χ1v) is 21.1. The van der Waals surface area contributed by atoms with Crippen LogP contribution in [0.25, 0.3) is 0 Å². The molecule has 0 radical (unpaired) electrons. The van der Waals surface area contributed by atoms with E-state index in [4.69, 9.17) is 39.8 Å². The lowest BCUT2D eigenvalue weighted by Crippen LogP contribution is -2.39. The number of methoxy groups -OCH3 is 2. The van der Waals surface area contributed by atoms with Crippen molar-refractivity contribution < 1.29 is 42.6 Å². The molecule has 0 spiro atoms.